The fourth-order valence-corrected chi connectivity index (χ4v) is 2.95. The molecule has 0 amide bonds. The van der Waals surface area contributed by atoms with E-state index in [4.69, 9.17) is 4.98 Å². The van der Waals surface area contributed by atoms with Crippen LogP contribution in [0.4, 0.5) is 11.5 Å². The largest absolute Gasteiger partial charge is 0.361 e. The quantitative estimate of drug-likeness (QED) is 0.512. The maximum atomic E-state index is 4.71. The van der Waals surface area contributed by atoms with Crippen molar-refractivity contribution >= 4 is 33.4 Å². The molecule has 6 nitrogen and oxygen atoms in total. The molecule has 0 aliphatic carbocycles. The van der Waals surface area contributed by atoms with Gasteiger partial charge in [-0.05, 0) is 48.5 Å². The molecule has 0 radical (unpaired) electrons. The van der Waals surface area contributed by atoms with E-state index in [2.05, 4.69) is 31.3 Å². The van der Waals surface area contributed by atoms with E-state index in [1.54, 1.807) is 18.6 Å². The molecule has 0 saturated carbocycles. The lowest BCUT2D eigenvalue weighted by Gasteiger charge is -2.10. The van der Waals surface area contributed by atoms with Crippen LogP contribution < -0.4 is 5.32 Å². The maximum absolute atomic E-state index is 4.71. The monoisotopic (exact) mass is 338 g/mol. The molecule has 0 spiro atoms. The molecule has 5 rings (SSSR count). The van der Waals surface area contributed by atoms with Crippen LogP contribution in [-0.2, 0) is 0 Å². The first-order valence-corrected chi connectivity index (χ1v) is 8.24. The number of aromatic amines is 1. The van der Waals surface area contributed by atoms with Crippen molar-refractivity contribution in [1.29, 1.82) is 0 Å². The van der Waals surface area contributed by atoms with Gasteiger partial charge in [-0.15, -0.1) is 0 Å². The second kappa shape index (κ2) is 5.93. The first kappa shape index (κ1) is 14.5. The Morgan fingerprint density at radius 1 is 0.885 bits per heavy atom. The molecule has 4 aromatic heterocycles. The van der Waals surface area contributed by atoms with Crippen LogP contribution >= 0.6 is 0 Å². The predicted molar refractivity (Wildman–Crippen MR) is 102 cm³/mol. The zero-order valence-electron chi connectivity index (χ0n) is 13.7. The first-order valence-electron chi connectivity index (χ1n) is 8.24. The lowest BCUT2D eigenvalue weighted by Crippen LogP contribution is -2.00. The number of hydrogen-bond acceptors (Lipinski definition) is 5. The Bertz CT molecular complexity index is 1210. The average molecular weight is 338 g/mol. The molecule has 1 aromatic carbocycles. The number of pyridine rings is 2. The van der Waals surface area contributed by atoms with E-state index in [0.717, 1.165) is 33.2 Å². The minimum Gasteiger partial charge on any atom is -0.361 e. The van der Waals surface area contributed by atoms with Gasteiger partial charge in [0.15, 0.2) is 11.6 Å². The summed E-state index contributed by atoms with van der Waals surface area (Å²) < 4.78 is 0. The van der Waals surface area contributed by atoms with Crippen LogP contribution in [0.25, 0.3) is 33.3 Å². The molecule has 0 aliphatic heterocycles. The molecule has 0 saturated heterocycles. The molecular formula is C20H14N6. The van der Waals surface area contributed by atoms with E-state index in [1.165, 1.54) is 0 Å². The maximum Gasteiger partial charge on any atom is 0.162 e. The zero-order valence-corrected chi connectivity index (χ0v) is 13.7. The molecule has 4 heterocycles. The zero-order chi connectivity index (χ0) is 17.3. The number of nitrogens with one attached hydrogen (secondary N) is 2. The standard InChI is InChI=1S/C20H14N6/c1-2-17-18(23-8-1)20(26-19(25-17)13-5-9-21-10-6-13)24-15-3-4-16-14(12-15)7-11-22-16/h1-12,22H,(H,24,25,26). The van der Waals surface area contributed by atoms with E-state index in [1.807, 2.05) is 48.7 Å². The van der Waals surface area contributed by atoms with Crippen molar-refractivity contribution in [1.82, 2.24) is 24.9 Å². The summed E-state index contributed by atoms with van der Waals surface area (Å²) in [6.45, 7) is 0. The minimum absolute atomic E-state index is 0.637. The summed E-state index contributed by atoms with van der Waals surface area (Å²) in [4.78, 5) is 21.1. The number of anilines is 2. The topological polar surface area (TPSA) is 79.4 Å². The normalized spacial score (nSPS) is 11.1. The van der Waals surface area contributed by atoms with Crippen molar-refractivity contribution < 1.29 is 0 Å². The lowest BCUT2D eigenvalue weighted by molar-refractivity contribution is 1.19. The van der Waals surface area contributed by atoms with Crippen LogP contribution in [0.2, 0.25) is 0 Å². The van der Waals surface area contributed by atoms with E-state index in [9.17, 15) is 0 Å². The van der Waals surface area contributed by atoms with Gasteiger partial charge < -0.3 is 10.3 Å². The Labute approximate surface area is 149 Å². The smallest absolute Gasteiger partial charge is 0.162 e. The van der Waals surface area contributed by atoms with Crippen LogP contribution in [0.15, 0.2) is 73.3 Å². The van der Waals surface area contributed by atoms with Crippen molar-refractivity contribution in [2.45, 2.75) is 0 Å². The number of fused-ring (bicyclic) bond motifs is 2. The summed E-state index contributed by atoms with van der Waals surface area (Å²) in [5.41, 5.74) is 4.48. The fraction of sp³-hybridized carbons (Fsp3) is 0. The first-order chi connectivity index (χ1) is 12.9. The Morgan fingerprint density at radius 3 is 2.73 bits per heavy atom. The predicted octanol–water partition coefficient (Wildman–Crippen LogP) is 4.31. The number of rotatable bonds is 3. The molecule has 0 unspecified atom stereocenters. The van der Waals surface area contributed by atoms with E-state index in [-0.39, 0.29) is 0 Å². The molecule has 0 bridgehead atoms. The average Bonchev–Trinajstić information content (AvgIpc) is 3.16. The van der Waals surface area contributed by atoms with Crippen molar-refractivity contribution in [2.24, 2.45) is 0 Å². The third-order valence-corrected chi connectivity index (χ3v) is 4.21. The fourth-order valence-electron chi connectivity index (χ4n) is 2.95. The van der Waals surface area contributed by atoms with E-state index >= 15 is 0 Å². The number of aromatic nitrogens is 5. The highest BCUT2D eigenvalue weighted by atomic mass is 15.1. The summed E-state index contributed by atoms with van der Waals surface area (Å²) in [6.07, 6.45) is 7.15. The van der Waals surface area contributed by atoms with E-state index < -0.39 is 0 Å². The van der Waals surface area contributed by atoms with Crippen LogP contribution in [0.3, 0.4) is 0 Å². The number of nitrogens with zero attached hydrogens (tertiary/aromatic N) is 4. The molecular weight excluding hydrogens is 324 g/mol. The summed E-state index contributed by atoms with van der Waals surface area (Å²) in [7, 11) is 0. The van der Waals surface area contributed by atoms with Crippen LogP contribution in [-0.4, -0.2) is 24.9 Å². The second-order valence-electron chi connectivity index (χ2n) is 5.91. The molecule has 26 heavy (non-hydrogen) atoms. The summed E-state index contributed by atoms with van der Waals surface area (Å²) >= 11 is 0. The van der Waals surface area contributed by atoms with Gasteiger partial charge in [-0.1, -0.05) is 0 Å². The Morgan fingerprint density at radius 2 is 1.81 bits per heavy atom. The third kappa shape index (κ3) is 2.53. The molecule has 124 valence electrons. The van der Waals surface area contributed by atoms with Crippen LogP contribution in [0, 0.1) is 0 Å². The molecule has 0 fully saturated rings. The Balaban J connectivity index is 1.65. The molecule has 6 heteroatoms. The van der Waals surface area contributed by atoms with Gasteiger partial charge >= 0.3 is 0 Å². The third-order valence-electron chi connectivity index (χ3n) is 4.21. The SMILES string of the molecule is c1cnc2c(Nc3ccc4[nH]ccc4c3)nc(-c3ccncc3)nc2c1. The highest BCUT2D eigenvalue weighted by Gasteiger charge is 2.11. The highest BCUT2D eigenvalue weighted by Crippen LogP contribution is 2.27. The summed E-state index contributed by atoms with van der Waals surface area (Å²) in [5, 5.41) is 4.53. The van der Waals surface area contributed by atoms with Gasteiger partial charge in [0.25, 0.3) is 0 Å². The van der Waals surface area contributed by atoms with Gasteiger partial charge in [0.05, 0.1) is 5.52 Å². The summed E-state index contributed by atoms with van der Waals surface area (Å²) in [6, 6.07) is 15.8. The lowest BCUT2D eigenvalue weighted by atomic mass is 10.2. The van der Waals surface area contributed by atoms with Gasteiger partial charge in [0.1, 0.15) is 5.52 Å². The highest BCUT2D eigenvalue weighted by molar-refractivity contribution is 5.90. The Kier molecular flexibility index (Phi) is 3.31. The van der Waals surface area contributed by atoms with Crippen LogP contribution in [0.1, 0.15) is 0 Å². The number of benzene rings is 1. The van der Waals surface area contributed by atoms with Gasteiger partial charge in [0.2, 0.25) is 0 Å². The van der Waals surface area contributed by atoms with Crippen molar-refractivity contribution in [3.8, 4) is 11.4 Å². The van der Waals surface area contributed by atoms with Gasteiger partial charge in [-0.2, -0.15) is 0 Å². The molecule has 5 aromatic rings. The Hall–Kier alpha value is -3.80. The van der Waals surface area contributed by atoms with Crippen LogP contribution in [0.5, 0.6) is 0 Å². The molecule has 2 N–H and O–H groups in total. The van der Waals surface area contributed by atoms with Crippen molar-refractivity contribution in [3.05, 3.63) is 73.3 Å². The van der Waals surface area contributed by atoms with E-state index in [0.29, 0.717) is 11.6 Å². The molecule has 0 atom stereocenters. The van der Waals surface area contributed by atoms with Crippen molar-refractivity contribution in [3.63, 3.8) is 0 Å². The van der Waals surface area contributed by atoms with Gasteiger partial charge in [-0.3, -0.25) is 9.97 Å². The van der Waals surface area contributed by atoms with Crippen molar-refractivity contribution in [2.75, 3.05) is 5.32 Å². The van der Waals surface area contributed by atoms with Gasteiger partial charge in [-0.25, -0.2) is 9.97 Å². The second-order valence-corrected chi connectivity index (χ2v) is 5.91. The summed E-state index contributed by atoms with van der Waals surface area (Å²) in [5.74, 6) is 1.32. The minimum atomic E-state index is 0.637. The molecule has 0 aliphatic rings. The van der Waals surface area contributed by atoms with Gasteiger partial charge in [0, 0.05) is 46.9 Å². The number of H-pyrrole nitrogens is 1. The number of hydrogen-bond donors (Lipinski definition) is 2.